The minimum absolute atomic E-state index is 0. The van der Waals surface area contributed by atoms with Crippen LogP contribution in [0.5, 0.6) is 0 Å². The molecule has 3 aliphatic rings. The summed E-state index contributed by atoms with van der Waals surface area (Å²) in [7, 11) is 0. The van der Waals surface area contributed by atoms with Gasteiger partial charge >= 0.3 is 41.3 Å². The summed E-state index contributed by atoms with van der Waals surface area (Å²) in [5, 5.41) is 0. The summed E-state index contributed by atoms with van der Waals surface area (Å²) in [6.45, 7) is 9.06. The van der Waals surface area contributed by atoms with E-state index in [4.69, 9.17) is 0 Å². The van der Waals surface area contributed by atoms with Gasteiger partial charge in [0.05, 0.1) is 0 Å². The molecule has 4 atom stereocenters. The quantitative estimate of drug-likeness (QED) is 0.475. The topological polar surface area (TPSA) is 0 Å². The number of fused-ring (bicyclic) bond motifs is 1. The van der Waals surface area contributed by atoms with E-state index in [9.17, 15) is 0 Å². The summed E-state index contributed by atoms with van der Waals surface area (Å²) < 4.78 is 1.51. The maximum absolute atomic E-state index is 2.56. The van der Waals surface area contributed by atoms with Crippen LogP contribution in [0.25, 0.3) is 0 Å². The zero-order chi connectivity index (χ0) is 14.8. The van der Waals surface area contributed by atoms with Crippen molar-refractivity contribution in [1.29, 1.82) is 0 Å². The van der Waals surface area contributed by atoms with Crippen LogP contribution in [-0.4, -0.2) is 3.21 Å². The Morgan fingerprint density at radius 1 is 1.23 bits per heavy atom. The average Bonchev–Trinajstić information content (AvgIpc) is 2.97. The van der Waals surface area contributed by atoms with E-state index < -0.39 is 0 Å². The van der Waals surface area contributed by atoms with Crippen LogP contribution < -0.4 is 24.8 Å². The van der Waals surface area contributed by atoms with E-state index in [1.54, 1.807) is 29.8 Å². The molecule has 0 N–H and O–H groups in total. The van der Waals surface area contributed by atoms with Crippen molar-refractivity contribution in [3.8, 4) is 0 Å². The van der Waals surface area contributed by atoms with Crippen LogP contribution in [0, 0.1) is 29.6 Å². The second-order valence-electron chi connectivity index (χ2n) is 6.52. The molecule has 3 heteroatoms. The number of rotatable bonds is 1. The first-order chi connectivity index (χ1) is 9.45. The predicted octanol–water partition coefficient (Wildman–Crippen LogP) is -1.16. The fourth-order valence-corrected chi connectivity index (χ4v) is 3.42. The molecule has 0 heterocycles. The van der Waals surface area contributed by atoms with Gasteiger partial charge in [0, 0.05) is 0 Å². The molecule has 3 rings (SSSR count). The van der Waals surface area contributed by atoms with E-state index in [2.05, 4.69) is 76.6 Å². The Balaban J connectivity index is 0.000000665. The molecular formula is C19H25Cl2Zr-. The third-order valence-electron chi connectivity index (χ3n) is 4.77. The van der Waals surface area contributed by atoms with Gasteiger partial charge in [-0.05, 0) is 11.8 Å². The molecule has 0 aromatic rings. The van der Waals surface area contributed by atoms with Crippen LogP contribution in [0.1, 0.15) is 34.1 Å². The molecule has 0 amide bonds. The Morgan fingerprint density at radius 3 is 2.36 bits per heavy atom. The van der Waals surface area contributed by atoms with Gasteiger partial charge in [0.25, 0.3) is 0 Å². The van der Waals surface area contributed by atoms with Gasteiger partial charge in [-0.2, -0.15) is 0 Å². The van der Waals surface area contributed by atoms with Crippen molar-refractivity contribution in [3.63, 3.8) is 0 Å². The van der Waals surface area contributed by atoms with E-state index in [-0.39, 0.29) is 24.8 Å². The van der Waals surface area contributed by atoms with Crippen molar-refractivity contribution in [2.45, 2.75) is 34.1 Å². The first-order valence-electron chi connectivity index (χ1n) is 7.53. The van der Waals surface area contributed by atoms with Crippen LogP contribution in [0.3, 0.4) is 0 Å². The second-order valence-corrected chi connectivity index (χ2v) is 8.97. The Labute approximate surface area is 163 Å². The molecule has 0 aliphatic heterocycles. The molecule has 1 saturated carbocycles. The Hall–Kier alpha value is 0.293. The van der Waals surface area contributed by atoms with E-state index in [1.165, 1.54) is 3.21 Å². The van der Waals surface area contributed by atoms with Crippen molar-refractivity contribution in [2.24, 2.45) is 23.2 Å². The monoisotopic (exact) mass is 413 g/mol. The van der Waals surface area contributed by atoms with Crippen LogP contribution in [0.4, 0.5) is 0 Å². The van der Waals surface area contributed by atoms with E-state index in [0.717, 1.165) is 6.42 Å². The summed E-state index contributed by atoms with van der Waals surface area (Å²) in [4.78, 5) is 0. The van der Waals surface area contributed by atoms with Crippen molar-refractivity contribution < 1.29 is 49.0 Å². The molecule has 0 aromatic heterocycles. The normalized spacial score (nSPS) is 33.9. The molecule has 1 fully saturated rings. The average molecular weight is 416 g/mol. The zero-order valence-electron chi connectivity index (χ0n) is 13.8. The van der Waals surface area contributed by atoms with Gasteiger partial charge in [0.15, 0.2) is 0 Å². The minimum Gasteiger partial charge on any atom is -1.00 e. The van der Waals surface area contributed by atoms with Crippen molar-refractivity contribution >= 4 is 3.21 Å². The third-order valence-corrected chi connectivity index (χ3v) is 4.77. The Kier molecular flexibility index (Phi) is 9.68. The zero-order valence-corrected chi connectivity index (χ0v) is 17.8. The van der Waals surface area contributed by atoms with Crippen LogP contribution >= 0.6 is 0 Å². The molecule has 0 nitrogen and oxygen atoms in total. The summed E-state index contributed by atoms with van der Waals surface area (Å²) in [6, 6.07) is 0. The molecular weight excluding hydrogens is 390 g/mol. The minimum atomic E-state index is 0. The summed E-state index contributed by atoms with van der Waals surface area (Å²) in [6.07, 6.45) is 19.7. The van der Waals surface area contributed by atoms with Gasteiger partial charge < -0.3 is 31.2 Å². The van der Waals surface area contributed by atoms with Gasteiger partial charge in [-0.3, -0.25) is 0 Å². The Bertz CT molecular complexity index is 498. The van der Waals surface area contributed by atoms with Crippen LogP contribution in [-0.2, 0) is 24.2 Å². The van der Waals surface area contributed by atoms with Gasteiger partial charge in [-0.25, -0.2) is 0 Å². The molecule has 0 radical (unpaired) electrons. The van der Waals surface area contributed by atoms with Gasteiger partial charge in [0.1, 0.15) is 0 Å². The van der Waals surface area contributed by atoms with E-state index >= 15 is 0 Å². The van der Waals surface area contributed by atoms with Crippen LogP contribution in [0.2, 0.25) is 0 Å². The van der Waals surface area contributed by atoms with Crippen molar-refractivity contribution in [3.05, 3.63) is 54.5 Å². The van der Waals surface area contributed by atoms with Gasteiger partial charge in [0.2, 0.25) is 0 Å². The van der Waals surface area contributed by atoms with Crippen LogP contribution in [0.15, 0.2) is 48.1 Å². The van der Waals surface area contributed by atoms with E-state index in [1.807, 2.05) is 0 Å². The fourth-order valence-electron chi connectivity index (χ4n) is 3.42. The smallest absolute Gasteiger partial charge is 1.00 e. The van der Waals surface area contributed by atoms with Crippen molar-refractivity contribution in [2.75, 3.05) is 0 Å². The molecule has 0 spiro atoms. The fraction of sp³-hybridized carbons (Fsp3) is 0.474. The maximum Gasteiger partial charge on any atom is -1.00 e. The number of allylic oxidation sites excluding steroid dienone is 8. The largest absolute Gasteiger partial charge is 1.00 e. The standard InChI is InChI=1S/C16H19.C3H6.2ClH.Zr/c1-12-15(13-7-3-4-8-13)11-14-9-5-6-10-16(12,14)2;1-3-2;;;/h3-7,9-12,14-15H,8H2,1-2H3;1-2H3;2*1H;/q-1;;;;+2/p-2. The second kappa shape index (κ2) is 9.56. The number of hydrogen-bond acceptors (Lipinski definition) is 0. The Morgan fingerprint density at radius 2 is 1.86 bits per heavy atom. The molecule has 4 unspecified atom stereocenters. The molecule has 3 aliphatic carbocycles. The maximum atomic E-state index is 2.56. The first-order valence-corrected chi connectivity index (χ1v) is 8.76. The van der Waals surface area contributed by atoms with Gasteiger partial charge in [-0.15, -0.1) is 17.9 Å². The molecule has 120 valence electrons. The molecule has 0 bridgehead atoms. The third kappa shape index (κ3) is 4.89. The number of halogens is 2. The van der Waals surface area contributed by atoms with Crippen molar-refractivity contribution in [1.82, 2.24) is 0 Å². The SMILES string of the molecule is CC1C(C2=CC=CC2)[CH-]C2C=CC=CC21C.C[C](C)=[Zr+2].[Cl-].[Cl-]. The molecule has 0 aromatic carbocycles. The number of hydrogen-bond donors (Lipinski definition) is 0. The van der Waals surface area contributed by atoms with E-state index in [0.29, 0.717) is 23.2 Å². The summed E-state index contributed by atoms with van der Waals surface area (Å²) in [5.74, 6) is 2.00. The van der Waals surface area contributed by atoms with Gasteiger partial charge in [-0.1, -0.05) is 61.8 Å². The molecule has 0 saturated heterocycles. The molecule has 22 heavy (non-hydrogen) atoms. The first kappa shape index (κ1) is 22.3. The summed E-state index contributed by atoms with van der Waals surface area (Å²) >= 11 is 1.55. The summed E-state index contributed by atoms with van der Waals surface area (Å²) in [5.41, 5.74) is 1.94. The predicted molar refractivity (Wildman–Crippen MR) is 85.0 cm³/mol.